The van der Waals surface area contributed by atoms with E-state index in [4.69, 9.17) is 17.3 Å². The van der Waals surface area contributed by atoms with Gasteiger partial charge in [-0.3, -0.25) is 0 Å². The Morgan fingerprint density at radius 2 is 2.29 bits per heavy atom. The summed E-state index contributed by atoms with van der Waals surface area (Å²) in [6, 6.07) is 1.71. The van der Waals surface area contributed by atoms with E-state index >= 15 is 0 Å². The van der Waals surface area contributed by atoms with Crippen LogP contribution in [0.3, 0.4) is 0 Å². The maximum absolute atomic E-state index is 5.86. The molecule has 0 unspecified atom stereocenters. The first-order valence-electron chi connectivity index (χ1n) is 3.97. The van der Waals surface area contributed by atoms with Crippen molar-refractivity contribution in [1.29, 1.82) is 0 Å². The van der Waals surface area contributed by atoms with E-state index in [1.54, 1.807) is 23.1 Å². The number of hydrogen-bond acceptors (Lipinski definition) is 4. The normalized spacial score (nSPS) is 10.4. The molecule has 0 aliphatic rings. The van der Waals surface area contributed by atoms with Gasteiger partial charge in [0, 0.05) is 12.3 Å². The summed E-state index contributed by atoms with van der Waals surface area (Å²) in [4.78, 5) is 7.79. The predicted octanol–water partition coefficient (Wildman–Crippen LogP) is 1.21. The number of halogens is 1. The third-order valence-electron chi connectivity index (χ3n) is 1.73. The first-order chi connectivity index (χ1) is 6.66. The molecule has 2 aromatic heterocycles. The lowest BCUT2D eigenvalue weighted by molar-refractivity contribution is 0.828. The summed E-state index contributed by atoms with van der Waals surface area (Å²) in [5.74, 6) is 0.819. The SMILES string of the molecule is Cc1nn(-c2ccnc(N)n2)cc1Cl. The van der Waals surface area contributed by atoms with Crippen LogP contribution in [-0.2, 0) is 0 Å². The van der Waals surface area contributed by atoms with Gasteiger partial charge >= 0.3 is 0 Å². The molecule has 2 rings (SSSR count). The van der Waals surface area contributed by atoms with Gasteiger partial charge in [-0.2, -0.15) is 10.1 Å². The minimum absolute atomic E-state index is 0.215. The summed E-state index contributed by atoms with van der Waals surface area (Å²) >= 11 is 5.86. The fourth-order valence-corrected chi connectivity index (χ4v) is 1.18. The number of nitrogens with zero attached hydrogens (tertiary/aromatic N) is 4. The van der Waals surface area contributed by atoms with Gasteiger partial charge in [0.2, 0.25) is 5.95 Å². The van der Waals surface area contributed by atoms with E-state index in [1.807, 2.05) is 6.92 Å². The smallest absolute Gasteiger partial charge is 0.221 e. The van der Waals surface area contributed by atoms with Gasteiger partial charge in [-0.15, -0.1) is 0 Å². The topological polar surface area (TPSA) is 69.6 Å². The average molecular weight is 210 g/mol. The molecule has 14 heavy (non-hydrogen) atoms. The molecular formula is C8H8ClN5. The van der Waals surface area contributed by atoms with Crippen molar-refractivity contribution < 1.29 is 0 Å². The van der Waals surface area contributed by atoms with Crippen molar-refractivity contribution in [3.05, 3.63) is 29.2 Å². The molecular weight excluding hydrogens is 202 g/mol. The van der Waals surface area contributed by atoms with Gasteiger partial charge in [0.1, 0.15) is 0 Å². The lowest BCUT2D eigenvalue weighted by atomic mass is 10.5. The molecule has 5 nitrogen and oxygen atoms in total. The second kappa shape index (κ2) is 3.26. The van der Waals surface area contributed by atoms with E-state index in [0.717, 1.165) is 5.69 Å². The molecule has 0 atom stereocenters. The first-order valence-corrected chi connectivity index (χ1v) is 4.35. The summed E-state index contributed by atoms with van der Waals surface area (Å²) in [6.45, 7) is 1.82. The number of aryl methyl sites for hydroxylation is 1. The maximum atomic E-state index is 5.86. The third-order valence-corrected chi connectivity index (χ3v) is 2.10. The number of rotatable bonds is 1. The average Bonchev–Trinajstić information content (AvgIpc) is 2.47. The molecule has 2 N–H and O–H groups in total. The Bertz CT molecular complexity index is 445. The van der Waals surface area contributed by atoms with Crippen LogP contribution >= 0.6 is 11.6 Å². The monoisotopic (exact) mass is 209 g/mol. The number of nitrogen functional groups attached to an aromatic ring is 1. The minimum Gasteiger partial charge on any atom is -0.368 e. The standard InChI is InChI=1S/C8H8ClN5/c1-5-6(9)4-14(13-5)7-2-3-11-8(10)12-7/h2-4H,1H3,(H2,10,11,12). The highest BCUT2D eigenvalue weighted by molar-refractivity contribution is 6.31. The van der Waals surface area contributed by atoms with Crippen molar-refractivity contribution in [2.75, 3.05) is 5.73 Å². The molecule has 0 aromatic carbocycles. The predicted molar refractivity (Wildman–Crippen MR) is 53.3 cm³/mol. The Kier molecular flexibility index (Phi) is 2.09. The molecule has 0 saturated heterocycles. The molecule has 0 fully saturated rings. The molecule has 0 saturated carbocycles. The fraction of sp³-hybridized carbons (Fsp3) is 0.125. The number of nitrogens with two attached hydrogens (primary N) is 1. The fourth-order valence-electron chi connectivity index (χ4n) is 1.05. The van der Waals surface area contributed by atoms with Crippen molar-refractivity contribution >= 4 is 17.5 Å². The van der Waals surface area contributed by atoms with Gasteiger partial charge < -0.3 is 5.73 Å². The summed E-state index contributed by atoms with van der Waals surface area (Å²) in [6.07, 6.45) is 3.25. The molecule has 0 spiro atoms. The molecule has 0 radical (unpaired) electrons. The highest BCUT2D eigenvalue weighted by Gasteiger charge is 2.04. The van der Waals surface area contributed by atoms with E-state index in [9.17, 15) is 0 Å². The van der Waals surface area contributed by atoms with Gasteiger partial charge in [-0.25, -0.2) is 9.67 Å². The Morgan fingerprint density at radius 1 is 1.50 bits per heavy atom. The molecule has 0 amide bonds. The van der Waals surface area contributed by atoms with Crippen molar-refractivity contribution in [1.82, 2.24) is 19.7 Å². The van der Waals surface area contributed by atoms with Crippen LogP contribution in [0.5, 0.6) is 0 Å². The Balaban J connectivity index is 2.49. The lowest BCUT2D eigenvalue weighted by Crippen LogP contribution is -2.02. The summed E-state index contributed by atoms with van der Waals surface area (Å²) in [5.41, 5.74) is 6.20. The van der Waals surface area contributed by atoms with Gasteiger partial charge in [0.25, 0.3) is 0 Å². The molecule has 6 heteroatoms. The van der Waals surface area contributed by atoms with Crippen molar-refractivity contribution in [2.24, 2.45) is 0 Å². The first kappa shape index (κ1) is 8.96. The van der Waals surface area contributed by atoms with E-state index in [-0.39, 0.29) is 5.95 Å². The van der Waals surface area contributed by atoms with Gasteiger partial charge in [0.05, 0.1) is 16.9 Å². The van der Waals surface area contributed by atoms with Crippen LogP contribution in [0.2, 0.25) is 5.02 Å². The number of aromatic nitrogens is 4. The Labute approximate surface area is 85.5 Å². The zero-order valence-corrected chi connectivity index (χ0v) is 8.23. The molecule has 0 aliphatic heterocycles. The van der Waals surface area contributed by atoms with E-state index < -0.39 is 0 Å². The molecule has 0 bridgehead atoms. The highest BCUT2D eigenvalue weighted by atomic mass is 35.5. The van der Waals surface area contributed by atoms with Crippen LogP contribution in [0, 0.1) is 6.92 Å². The van der Waals surface area contributed by atoms with Crippen LogP contribution < -0.4 is 5.73 Å². The Morgan fingerprint density at radius 3 is 2.86 bits per heavy atom. The van der Waals surface area contributed by atoms with Gasteiger partial charge in [-0.1, -0.05) is 11.6 Å². The van der Waals surface area contributed by atoms with E-state index in [2.05, 4.69) is 15.1 Å². The van der Waals surface area contributed by atoms with Crippen LogP contribution in [0.15, 0.2) is 18.5 Å². The molecule has 2 heterocycles. The van der Waals surface area contributed by atoms with Crippen LogP contribution in [0.25, 0.3) is 5.82 Å². The summed E-state index contributed by atoms with van der Waals surface area (Å²) < 4.78 is 1.57. The minimum atomic E-state index is 0.215. The maximum Gasteiger partial charge on any atom is 0.221 e. The van der Waals surface area contributed by atoms with E-state index in [1.165, 1.54) is 0 Å². The Hall–Kier alpha value is -1.62. The van der Waals surface area contributed by atoms with Crippen molar-refractivity contribution in [2.45, 2.75) is 6.92 Å². The number of hydrogen-bond donors (Lipinski definition) is 1. The molecule has 72 valence electrons. The third kappa shape index (κ3) is 1.54. The lowest BCUT2D eigenvalue weighted by Gasteiger charge is -1.99. The largest absolute Gasteiger partial charge is 0.368 e. The van der Waals surface area contributed by atoms with Crippen LogP contribution in [0.4, 0.5) is 5.95 Å². The highest BCUT2D eigenvalue weighted by Crippen LogP contribution is 2.14. The van der Waals surface area contributed by atoms with Gasteiger partial charge in [-0.05, 0) is 6.92 Å². The number of anilines is 1. The van der Waals surface area contributed by atoms with Gasteiger partial charge in [0.15, 0.2) is 5.82 Å². The zero-order chi connectivity index (χ0) is 10.1. The van der Waals surface area contributed by atoms with Crippen molar-refractivity contribution in [3.8, 4) is 5.82 Å². The van der Waals surface area contributed by atoms with Crippen molar-refractivity contribution in [3.63, 3.8) is 0 Å². The molecule has 0 aliphatic carbocycles. The quantitative estimate of drug-likeness (QED) is 0.767. The second-order valence-electron chi connectivity index (χ2n) is 2.78. The molecule has 2 aromatic rings. The van der Waals surface area contributed by atoms with E-state index in [0.29, 0.717) is 10.8 Å². The summed E-state index contributed by atoms with van der Waals surface area (Å²) in [5, 5.41) is 4.76. The van der Waals surface area contributed by atoms with Crippen LogP contribution in [0.1, 0.15) is 5.69 Å². The summed E-state index contributed by atoms with van der Waals surface area (Å²) in [7, 11) is 0. The van der Waals surface area contributed by atoms with Crippen LogP contribution in [-0.4, -0.2) is 19.7 Å². The second-order valence-corrected chi connectivity index (χ2v) is 3.19. The zero-order valence-electron chi connectivity index (χ0n) is 7.48.